The minimum Gasteiger partial charge on any atom is -0.461 e. The summed E-state index contributed by atoms with van der Waals surface area (Å²) in [7, 11) is 3.98. The molecule has 90 valence electrons. The summed E-state index contributed by atoms with van der Waals surface area (Å²) in [6.45, 7) is 8.70. The second kappa shape index (κ2) is 6.11. The van der Waals surface area contributed by atoms with E-state index in [1.807, 2.05) is 46.7 Å². The Morgan fingerprint density at radius 1 is 1.33 bits per heavy atom. The van der Waals surface area contributed by atoms with Gasteiger partial charge in [0, 0.05) is 6.54 Å². The number of esters is 1. The molecule has 0 N–H and O–H groups in total. The Morgan fingerprint density at radius 2 is 1.87 bits per heavy atom. The molecule has 15 heavy (non-hydrogen) atoms. The SMILES string of the molecule is CCC(CN(C)C)OC(=O)C(C)(C)CC. The fraction of sp³-hybridized carbons (Fsp3) is 0.917. The molecule has 0 amide bonds. The molecule has 0 aliphatic heterocycles. The quantitative estimate of drug-likeness (QED) is 0.637. The predicted octanol–water partition coefficient (Wildman–Crippen LogP) is 2.31. The molecule has 1 atom stereocenters. The monoisotopic (exact) mass is 215 g/mol. The first-order valence-electron chi connectivity index (χ1n) is 5.69. The molecule has 0 aromatic carbocycles. The highest BCUT2D eigenvalue weighted by atomic mass is 16.5. The van der Waals surface area contributed by atoms with Crippen LogP contribution >= 0.6 is 0 Å². The van der Waals surface area contributed by atoms with E-state index in [0.29, 0.717) is 0 Å². The maximum atomic E-state index is 11.8. The first kappa shape index (κ1) is 14.4. The molecule has 1 unspecified atom stereocenters. The van der Waals surface area contributed by atoms with Gasteiger partial charge < -0.3 is 9.64 Å². The van der Waals surface area contributed by atoms with E-state index in [1.165, 1.54) is 0 Å². The topological polar surface area (TPSA) is 29.5 Å². The molecular weight excluding hydrogens is 190 g/mol. The summed E-state index contributed by atoms with van der Waals surface area (Å²) in [5, 5.41) is 0. The van der Waals surface area contributed by atoms with Crippen molar-refractivity contribution in [3.63, 3.8) is 0 Å². The fourth-order valence-electron chi connectivity index (χ4n) is 1.11. The van der Waals surface area contributed by atoms with E-state index < -0.39 is 0 Å². The highest BCUT2D eigenvalue weighted by Gasteiger charge is 2.29. The van der Waals surface area contributed by atoms with Gasteiger partial charge in [0.25, 0.3) is 0 Å². The molecule has 3 nitrogen and oxygen atoms in total. The molecule has 0 rings (SSSR count). The van der Waals surface area contributed by atoms with Crippen LogP contribution in [0, 0.1) is 5.41 Å². The highest BCUT2D eigenvalue weighted by Crippen LogP contribution is 2.22. The minimum absolute atomic E-state index is 0.0123. The maximum Gasteiger partial charge on any atom is 0.311 e. The van der Waals surface area contributed by atoms with Gasteiger partial charge in [-0.3, -0.25) is 4.79 Å². The Morgan fingerprint density at radius 3 is 2.20 bits per heavy atom. The summed E-state index contributed by atoms with van der Waals surface area (Å²) in [5.74, 6) is -0.0845. The number of ether oxygens (including phenoxy) is 1. The van der Waals surface area contributed by atoms with E-state index in [2.05, 4.69) is 0 Å². The number of likely N-dealkylation sites (N-methyl/N-ethyl adjacent to an activating group) is 1. The largest absolute Gasteiger partial charge is 0.461 e. The molecule has 3 heteroatoms. The lowest BCUT2D eigenvalue weighted by Crippen LogP contribution is -2.35. The van der Waals surface area contributed by atoms with E-state index in [9.17, 15) is 4.79 Å². The van der Waals surface area contributed by atoms with Crippen molar-refractivity contribution in [2.45, 2.75) is 46.6 Å². The van der Waals surface area contributed by atoms with Gasteiger partial charge in [-0.15, -0.1) is 0 Å². The molecule has 0 aromatic heterocycles. The van der Waals surface area contributed by atoms with Gasteiger partial charge in [-0.05, 0) is 40.8 Å². The zero-order valence-electron chi connectivity index (χ0n) is 11.0. The molecule has 0 aliphatic rings. The van der Waals surface area contributed by atoms with Gasteiger partial charge in [0.2, 0.25) is 0 Å². The summed E-state index contributed by atoms with van der Waals surface area (Å²) in [6, 6.07) is 0. The van der Waals surface area contributed by atoms with E-state index >= 15 is 0 Å². The Labute approximate surface area is 93.8 Å². The second-order valence-electron chi connectivity index (χ2n) is 4.94. The van der Waals surface area contributed by atoms with Crippen LogP contribution in [-0.4, -0.2) is 37.6 Å². The molecule has 0 saturated carbocycles. The van der Waals surface area contributed by atoms with Crippen molar-refractivity contribution in [3.05, 3.63) is 0 Å². The molecule has 0 radical (unpaired) electrons. The number of nitrogens with zero attached hydrogens (tertiary/aromatic N) is 1. The Hall–Kier alpha value is -0.570. The van der Waals surface area contributed by atoms with Crippen molar-refractivity contribution >= 4 is 5.97 Å². The molecule has 0 aliphatic carbocycles. The summed E-state index contributed by atoms with van der Waals surface area (Å²) < 4.78 is 5.49. The Bertz CT molecular complexity index is 200. The lowest BCUT2D eigenvalue weighted by Gasteiger charge is -2.26. The third kappa shape index (κ3) is 5.17. The third-order valence-corrected chi connectivity index (χ3v) is 2.73. The maximum absolute atomic E-state index is 11.8. The van der Waals surface area contributed by atoms with Crippen LogP contribution in [-0.2, 0) is 9.53 Å². The van der Waals surface area contributed by atoms with Crippen LogP contribution in [0.1, 0.15) is 40.5 Å². The van der Waals surface area contributed by atoms with Crippen molar-refractivity contribution in [2.24, 2.45) is 5.41 Å². The summed E-state index contributed by atoms with van der Waals surface area (Å²) in [6.07, 6.45) is 1.69. The molecule has 0 fully saturated rings. The lowest BCUT2D eigenvalue weighted by atomic mass is 9.90. The van der Waals surface area contributed by atoms with Gasteiger partial charge in [0.1, 0.15) is 6.10 Å². The first-order chi connectivity index (χ1) is 6.83. The average molecular weight is 215 g/mol. The summed E-state index contributed by atoms with van der Waals surface area (Å²) in [4.78, 5) is 13.8. The van der Waals surface area contributed by atoms with Crippen molar-refractivity contribution in [2.75, 3.05) is 20.6 Å². The normalized spacial score (nSPS) is 14.1. The molecule has 0 aromatic rings. The number of carbonyl (C=O) groups is 1. The van der Waals surface area contributed by atoms with Crippen molar-refractivity contribution in [1.82, 2.24) is 4.90 Å². The standard InChI is InChI=1S/C12H25NO2/c1-7-10(9-13(5)6)15-11(14)12(3,4)8-2/h10H,7-9H2,1-6H3. The van der Waals surface area contributed by atoms with E-state index in [1.54, 1.807) is 0 Å². The molecule has 0 heterocycles. The van der Waals surface area contributed by atoms with Gasteiger partial charge in [-0.1, -0.05) is 13.8 Å². The Balaban J connectivity index is 4.24. The number of hydrogen-bond acceptors (Lipinski definition) is 3. The van der Waals surface area contributed by atoms with Crippen LogP contribution in [0.5, 0.6) is 0 Å². The second-order valence-corrected chi connectivity index (χ2v) is 4.94. The van der Waals surface area contributed by atoms with Crippen molar-refractivity contribution < 1.29 is 9.53 Å². The first-order valence-corrected chi connectivity index (χ1v) is 5.69. The van der Waals surface area contributed by atoms with Gasteiger partial charge in [-0.2, -0.15) is 0 Å². The number of carbonyl (C=O) groups excluding carboxylic acids is 1. The zero-order valence-corrected chi connectivity index (χ0v) is 11.0. The van der Waals surface area contributed by atoms with Gasteiger partial charge >= 0.3 is 5.97 Å². The van der Waals surface area contributed by atoms with E-state index in [4.69, 9.17) is 4.74 Å². The summed E-state index contributed by atoms with van der Waals surface area (Å²) >= 11 is 0. The van der Waals surface area contributed by atoms with Crippen LogP contribution in [0.15, 0.2) is 0 Å². The fourth-order valence-corrected chi connectivity index (χ4v) is 1.11. The van der Waals surface area contributed by atoms with Gasteiger partial charge in [0.05, 0.1) is 5.41 Å². The number of hydrogen-bond donors (Lipinski definition) is 0. The molecule has 0 spiro atoms. The Kier molecular flexibility index (Phi) is 5.88. The van der Waals surface area contributed by atoms with Crippen LogP contribution in [0.25, 0.3) is 0 Å². The van der Waals surface area contributed by atoms with Gasteiger partial charge in [-0.25, -0.2) is 0 Å². The van der Waals surface area contributed by atoms with Crippen LogP contribution in [0.3, 0.4) is 0 Å². The summed E-state index contributed by atoms with van der Waals surface area (Å²) in [5.41, 5.74) is -0.361. The highest BCUT2D eigenvalue weighted by molar-refractivity contribution is 5.75. The number of rotatable bonds is 6. The third-order valence-electron chi connectivity index (χ3n) is 2.73. The lowest BCUT2D eigenvalue weighted by molar-refractivity contribution is -0.160. The van der Waals surface area contributed by atoms with Crippen LogP contribution in [0.4, 0.5) is 0 Å². The zero-order chi connectivity index (χ0) is 12.1. The van der Waals surface area contributed by atoms with E-state index in [-0.39, 0.29) is 17.5 Å². The predicted molar refractivity (Wildman–Crippen MR) is 62.8 cm³/mol. The van der Waals surface area contributed by atoms with Gasteiger partial charge in [0.15, 0.2) is 0 Å². The van der Waals surface area contributed by atoms with Crippen molar-refractivity contribution in [3.8, 4) is 0 Å². The van der Waals surface area contributed by atoms with Crippen LogP contribution in [0.2, 0.25) is 0 Å². The minimum atomic E-state index is -0.361. The molecule has 0 saturated heterocycles. The average Bonchev–Trinajstić information content (AvgIpc) is 2.15. The molecular formula is C12H25NO2. The smallest absolute Gasteiger partial charge is 0.311 e. The molecule has 0 bridgehead atoms. The van der Waals surface area contributed by atoms with Crippen molar-refractivity contribution in [1.29, 1.82) is 0 Å². The van der Waals surface area contributed by atoms with Crippen LogP contribution < -0.4 is 0 Å². The van der Waals surface area contributed by atoms with E-state index in [0.717, 1.165) is 19.4 Å².